The molecule has 1 aromatic heterocycles. The first-order valence-corrected chi connectivity index (χ1v) is 11.5. The lowest BCUT2D eigenvalue weighted by Gasteiger charge is -2.30. The van der Waals surface area contributed by atoms with Crippen molar-refractivity contribution in [3.05, 3.63) is 41.7 Å². The first-order chi connectivity index (χ1) is 14.6. The zero-order valence-electron chi connectivity index (χ0n) is 17.5. The highest BCUT2D eigenvalue weighted by atomic mass is 32.2. The lowest BCUT2D eigenvalue weighted by molar-refractivity contribution is 0.0863. The molecule has 1 N–H and O–H groups in total. The Labute approximate surface area is 180 Å². The molecule has 0 spiro atoms. The van der Waals surface area contributed by atoms with Gasteiger partial charge in [-0.05, 0) is 31.5 Å². The third-order valence-corrected chi connectivity index (χ3v) is 6.08. The van der Waals surface area contributed by atoms with Crippen LogP contribution < -0.4 is 9.57 Å². The summed E-state index contributed by atoms with van der Waals surface area (Å²) in [4.78, 5) is 26.3. The van der Waals surface area contributed by atoms with Crippen molar-refractivity contribution in [2.75, 3.05) is 19.3 Å². The van der Waals surface area contributed by atoms with Crippen LogP contribution in [0.3, 0.4) is 0 Å². The zero-order chi connectivity index (χ0) is 22.6. The normalized spacial score (nSPS) is 15.6. The molecule has 1 aliphatic rings. The molecule has 0 atom stereocenters. The fraction of sp³-hybridized carbons (Fsp3) is 0.400. The molecule has 2 heterocycles. The van der Waals surface area contributed by atoms with Crippen LogP contribution in [0.5, 0.6) is 11.8 Å². The van der Waals surface area contributed by atoms with Gasteiger partial charge in [0.2, 0.25) is 5.88 Å². The van der Waals surface area contributed by atoms with Gasteiger partial charge in [0, 0.05) is 32.2 Å². The van der Waals surface area contributed by atoms with Gasteiger partial charge in [-0.2, -0.15) is 4.98 Å². The number of hydrogen-bond donors (Lipinski definition) is 1. The van der Waals surface area contributed by atoms with Crippen LogP contribution >= 0.6 is 0 Å². The van der Waals surface area contributed by atoms with Crippen LogP contribution in [0.4, 0.5) is 4.79 Å². The zero-order valence-corrected chi connectivity index (χ0v) is 18.3. The Morgan fingerprint density at radius 3 is 2.35 bits per heavy atom. The number of oxime groups is 1. The third-order valence-electron chi connectivity index (χ3n) is 4.95. The molecular weight excluding hydrogens is 424 g/mol. The largest absolute Gasteiger partial charge is 0.474 e. The van der Waals surface area contributed by atoms with Crippen LogP contribution in [0.15, 0.2) is 40.6 Å². The number of benzene rings is 1. The molecule has 31 heavy (non-hydrogen) atoms. The van der Waals surface area contributed by atoms with Crippen LogP contribution in [0.1, 0.15) is 30.9 Å². The standard InChI is InChI=1S/C20H24N4O6S/c1-13-18(29-16-8-10-24(11-9-16)20(25)26)21-12-22-19(13)30-23-14(2)15-4-6-17(7-5-15)31(3,27)28/h4-7,12,16H,8-11H2,1-3H3,(H,25,26)/b23-14-. The van der Waals surface area contributed by atoms with Gasteiger partial charge < -0.3 is 19.6 Å². The van der Waals surface area contributed by atoms with Gasteiger partial charge in [-0.1, -0.05) is 17.3 Å². The van der Waals surface area contributed by atoms with E-state index < -0.39 is 15.9 Å². The summed E-state index contributed by atoms with van der Waals surface area (Å²) in [5.74, 6) is 0.601. The number of nitrogens with zero attached hydrogens (tertiary/aromatic N) is 4. The summed E-state index contributed by atoms with van der Waals surface area (Å²) in [7, 11) is -3.26. The average molecular weight is 449 g/mol. The van der Waals surface area contributed by atoms with Gasteiger partial charge in [0.15, 0.2) is 9.84 Å². The van der Waals surface area contributed by atoms with E-state index in [1.54, 1.807) is 26.0 Å². The third kappa shape index (κ3) is 5.69. The Morgan fingerprint density at radius 1 is 1.16 bits per heavy atom. The number of ether oxygens (including phenoxy) is 1. The molecule has 0 aliphatic carbocycles. The maximum Gasteiger partial charge on any atom is 0.407 e. The first kappa shape index (κ1) is 22.5. The molecule has 11 heteroatoms. The van der Waals surface area contributed by atoms with Gasteiger partial charge in [0.25, 0.3) is 5.88 Å². The number of aromatic nitrogens is 2. The predicted octanol–water partition coefficient (Wildman–Crippen LogP) is 2.51. The van der Waals surface area contributed by atoms with E-state index in [1.807, 2.05) is 0 Å². The molecule has 0 saturated carbocycles. The van der Waals surface area contributed by atoms with Crippen LogP contribution in [-0.4, -0.2) is 65.6 Å². The number of carbonyl (C=O) groups is 1. The Bertz CT molecular complexity index is 1080. The van der Waals surface area contributed by atoms with Crippen molar-refractivity contribution in [2.24, 2.45) is 5.16 Å². The highest BCUT2D eigenvalue weighted by Crippen LogP contribution is 2.26. The second-order valence-corrected chi connectivity index (χ2v) is 9.28. The van der Waals surface area contributed by atoms with Crippen LogP contribution in [0.25, 0.3) is 0 Å². The summed E-state index contributed by atoms with van der Waals surface area (Å²) < 4.78 is 29.1. The lowest BCUT2D eigenvalue weighted by atomic mass is 10.1. The minimum absolute atomic E-state index is 0.143. The molecule has 10 nitrogen and oxygen atoms in total. The van der Waals surface area contributed by atoms with E-state index in [2.05, 4.69) is 15.1 Å². The fourth-order valence-electron chi connectivity index (χ4n) is 3.06. The summed E-state index contributed by atoms with van der Waals surface area (Å²) in [6.07, 6.45) is 2.55. The predicted molar refractivity (Wildman–Crippen MR) is 112 cm³/mol. The van der Waals surface area contributed by atoms with Crippen molar-refractivity contribution < 1.29 is 27.9 Å². The summed E-state index contributed by atoms with van der Waals surface area (Å²) in [6.45, 7) is 4.31. The minimum atomic E-state index is -3.26. The number of carboxylic acid groups (broad SMARTS) is 1. The van der Waals surface area contributed by atoms with Gasteiger partial charge >= 0.3 is 6.09 Å². The molecule has 1 fully saturated rings. The Kier molecular flexibility index (Phi) is 6.74. The van der Waals surface area contributed by atoms with Crippen molar-refractivity contribution >= 4 is 21.6 Å². The summed E-state index contributed by atoms with van der Waals surface area (Å²) in [5.41, 5.74) is 1.83. The molecular formula is C20H24N4O6S. The molecule has 3 rings (SSSR count). The fourth-order valence-corrected chi connectivity index (χ4v) is 3.69. The molecule has 1 saturated heterocycles. The molecule has 1 aromatic carbocycles. The monoisotopic (exact) mass is 448 g/mol. The lowest BCUT2D eigenvalue weighted by Crippen LogP contribution is -2.41. The second kappa shape index (κ2) is 9.29. The van der Waals surface area contributed by atoms with Gasteiger partial charge in [0.1, 0.15) is 12.4 Å². The van der Waals surface area contributed by atoms with Crippen molar-refractivity contribution in [3.63, 3.8) is 0 Å². The van der Waals surface area contributed by atoms with E-state index in [9.17, 15) is 13.2 Å². The molecule has 1 amide bonds. The van der Waals surface area contributed by atoms with E-state index in [1.165, 1.54) is 23.4 Å². The first-order valence-electron chi connectivity index (χ1n) is 9.63. The number of rotatable bonds is 6. The maximum atomic E-state index is 11.6. The van der Waals surface area contributed by atoms with Gasteiger partial charge in [-0.25, -0.2) is 18.2 Å². The highest BCUT2D eigenvalue weighted by Gasteiger charge is 2.24. The van der Waals surface area contributed by atoms with E-state index in [-0.39, 0.29) is 16.9 Å². The molecule has 166 valence electrons. The Hall–Kier alpha value is -3.21. The topological polar surface area (TPSA) is 131 Å². The van der Waals surface area contributed by atoms with Crippen LogP contribution in [0.2, 0.25) is 0 Å². The molecule has 1 aliphatic heterocycles. The Morgan fingerprint density at radius 2 is 1.77 bits per heavy atom. The van der Waals surface area contributed by atoms with Crippen molar-refractivity contribution in [1.29, 1.82) is 0 Å². The van der Waals surface area contributed by atoms with Crippen LogP contribution in [-0.2, 0) is 9.84 Å². The SMILES string of the molecule is C/C(=N/Oc1ncnc(OC2CCN(C(=O)O)CC2)c1C)c1ccc(S(C)(=O)=O)cc1. The van der Waals surface area contributed by atoms with Gasteiger partial charge in [0.05, 0.1) is 16.2 Å². The smallest absolute Gasteiger partial charge is 0.407 e. The quantitative estimate of drug-likeness (QED) is 0.527. The van der Waals surface area contributed by atoms with E-state index >= 15 is 0 Å². The molecule has 2 aromatic rings. The van der Waals surface area contributed by atoms with Crippen LogP contribution in [0, 0.1) is 6.92 Å². The van der Waals surface area contributed by atoms with E-state index in [0.29, 0.717) is 48.6 Å². The summed E-state index contributed by atoms with van der Waals surface area (Å²) in [5, 5.41) is 13.1. The average Bonchev–Trinajstić information content (AvgIpc) is 2.74. The number of hydrogen-bond acceptors (Lipinski definition) is 8. The molecule has 0 unspecified atom stereocenters. The highest BCUT2D eigenvalue weighted by molar-refractivity contribution is 7.90. The summed E-state index contributed by atoms with van der Waals surface area (Å²) in [6, 6.07) is 6.34. The van der Waals surface area contributed by atoms with Gasteiger partial charge in [-0.15, -0.1) is 0 Å². The minimum Gasteiger partial charge on any atom is -0.474 e. The van der Waals surface area contributed by atoms with Crippen molar-refractivity contribution in [3.8, 4) is 11.8 Å². The molecule has 0 bridgehead atoms. The van der Waals surface area contributed by atoms with Crippen molar-refractivity contribution in [1.82, 2.24) is 14.9 Å². The number of piperidine rings is 1. The maximum absolute atomic E-state index is 11.6. The Balaban J connectivity index is 1.66. The summed E-state index contributed by atoms with van der Waals surface area (Å²) >= 11 is 0. The number of amides is 1. The second-order valence-electron chi connectivity index (χ2n) is 7.26. The number of likely N-dealkylation sites (tertiary alicyclic amines) is 1. The molecule has 0 radical (unpaired) electrons. The van der Waals surface area contributed by atoms with E-state index in [4.69, 9.17) is 14.7 Å². The van der Waals surface area contributed by atoms with Crippen molar-refractivity contribution in [2.45, 2.75) is 37.7 Å². The van der Waals surface area contributed by atoms with E-state index in [0.717, 1.165) is 6.26 Å². The van der Waals surface area contributed by atoms with Gasteiger partial charge in [-0.3, -0.25) is 0 Å². The number of sulfone groups is 1.